The first-order chi connectivity index (χ1) is 12.5. The van der Waals surface area contributed by atoms with Gasteiger partial charge in [0.25, 0.3) is 5.91 Å². The van der Waals surface area contributed by atoms with Gasteiger partial charge in [0.15, 0.2) is 11.6 Å². The Morgan fingerprint density at radius 2 is 1.78 bits per heavy atom. The molecule has 0 aliphatic heterocycles. The number of aromatic nitrogens is 2. The van der Waals surface area contributed by atoms with Gasteiger partial charge in [0.1, 0.15) is 6.67 Å². The first kappa shape index (κ1) is 21.0. The molecule has 0 atom stereocenters. The fourth-order valence-corrected chi connectivity index (χ4v) is 3.01. The van der Waals surface area contributed by atoms with Crippen LogP contribution in [0.5, 0.6) is 0 Å². The van der Waals surface area contributed by atoms with Gasteiger partial charge in [-0.25, -0.2) is 23.1 Å². The third-order valence-electron chi connectivity index (χ3n) is 4.43. The fraction of sp³-hybridized carbons (Fsp3) is 0.389. The summed E-state index contributed by atoms with van der Waals surface area (Å²) in [5, 5.41) is 6.03. The minimum atomic E-state index is -1.04. The van der Waals surface area contributed by atoms with Crippen molar-refractivity contribution in [2.75, 3.05) is 5.32 Å². The van der Waals surface area contributed by atoms with Crippen LogP contribution < -0.4 is 10.6 Å². The third-order valence-corrected chi connectivity index (χ3v) is 4.43. The van der Waals surface area contributed by atoms with E-state index in [1.165, 1.54) is 18.3 Å². The molecule has 27 heavy (non-hydrogen) atoms. The predicted octanol–water partition coefficient (Wildman–Crippen LogP) is 3.80. The maximum atomic E-state index is 13.2. The molecular weight excluding hydrogens is 381 g/mol. The molecule has 0 unspecified atom stereocenters. The molecule has 1 amide bonds. The Hall–Kier alpha value is -2.35. The van der Waals surface area contributed by atoms with E-state index >= 15 is 0 Å². The summed E-state index contributed by atoms with van der Waals surface area (Å²) >= 11 is 0. The van der Waals surface area contributed by atoms with Crippen molar-refractivity contribution in [3.8, 4) is 0 Å². The first-order valence-electron chi connectivity index (χ1n) is 8.45. The molecule has 0 radical (unpaired) electrons. The average Bonchev–Trinajstić information content (AvgIpc) is 2.65. The van der Waals surface area contributed by atoms with Crippen molar-refractivity contribution in [2.45, 2.75) is 44.4 Å². The number of nitrogens with zero attached hydrogens (tertiary/aromatic N) is 2. The van der Waals surface area contributed by atoms with E-state index < -0.39 is 24.2 Å². The van der Waals surface area contributed by atoms with E-state index in [0.29, 0.717) is 11.6 Å². The van der Waals surface area contributed by atoms with Gasteiger partial charge in [0.2, 0.25) is 5.95 Å². The van der Waals surface area contributed by atoms with Crippen LogP contribution in [0.2, 0.25) is 0 Å². The van der Waals surface area contributed by atoms with Gasteiger partial charge >= 0.3 is 0 Å². The van der Waals surface area contributed by atoms with Crippen LogP contribution in [-0.2, 0) is 6.67 Å². The largest absolute Gasteiger partial charge is 0.351 e. The van der Waals surface area contributed by atoms with Crippen molar-refractivity contribution >= 4 is 24.3 Å². The zero-order chi connectivity index (χ0) is 18.5. The van der Waals surface area contributed by atoms with Crippen molar-refractivity contribution in [3.05, 3.63) is 53.4 Å². The summed E-state index contributed by atoms with van der Waals surface area (Å²) in [7, 11) is 0. The number of hydrogen-bond donors (Lipinski definition) is 2. The van der Waals surface area contributed by atoms with Gasteiger partial charge in [-0.15, -0.1) is 12.4 Å². The quantitative estimate of drug-likeness (QED) is 0.801. The molecule has 1 heterocycles. The highest BCUT2D eigenvalue weighted by molar-refractivity contribution is 5.94. The Balaban J connectivity index is 0.00000261. The number of alkyl halides is 1. The van der Waals surface area contributed by atoms with E-state index in [4.69, 9.17) is 0 Å². The number of benzene rings is 1. The normalized spacial score (nSPS) is 19.1. The van der Waals surface area contributed by atoms with E-state index in [9.17, 15) is 18.0 Å². The van der Waals surface area contributed by atoms with Gasteiger partial charge < -0.3 is 10.6 Å². The maximum absolute atomic E-state index is 13.2. The highest BCUT2D eigenvalue weighted by Crippen LogP contribution is 2.22. The van der Waals surface area contributed by atoms with Crippen LogP contribution in [0.1, 0.15) is 41.7 Å². The minimum Gasteiger partial charge on any atom is -0.351 e. The molecule has 2 N–H and O–H groups in total. The van der Waals surface area contributed by atoms with Gasteiger partial charge in [-0.2, -0.15) is 0 Å². The summed E-state index contributed by atoms with van der Waals surface area (Å²) in [6.45, 7) is -0.639. The number of anilines is 1. The van der Waals surface area contributed by atoms with Gasteiger partial charge in [0.05, 0.1) is 5.69 Å². The smallest absolute Gasteiger partial charge is 0.251 e. The summed E-state index contributed by atoms with van der Waals surface area (Å²) in [6.07, 6.45) is 4.54. The predicted molar refractivity (Wildman–Crippen MR) is 97.6 cm³/mol. The number of halogens is 4. The summed E-state index contributed by atoms with van der Waals surface area (Å²) < 4.78 is 38.8. The van der Waals surface area contributed by atoms with E-state index in [0.717, 1.165) is 37.8 Å². The van der Waals surface area contributed by atoms with Crippen molar-refractivity contribution in [1.29, 1.82) is 0 Å². The van der Waals surface area contributed by atoms with E-state index in [2.05, 4.69) is 20.6 Å². The summed E-state index contributed by atoms with van der Waals surface area (Å²) in [4.78, 5) is 20.3. The van der Waals surface area contributed by atoms with Gasteiger partial charge in [0, 0.05) is 23.8 Å². The number of carbonyl (C=O) groups excluding carboxylic acids is 1. The molecule has 146 valence electrons. The highest BCUT2D eigenvalue weighted by Gasteiger charge is 2.23. The second-order valence-electron chi connectivity index (χ2n) is 6.30. The zero-order valence-corrected chi connectivity index (χ0v) is 15.2. The Kier molecular flexibility index (Phi) is 7.41. The van der Waals surface area contributed by atoms with Crippen molar-refractivity contribution in [3.63, 3.8) is 0 Å². The van der Waals surface area contributed by atoms with Crippen LogP contribution in [0.4, 0.5) is 19.1 Å². The van der Waals surface area contributed by atoms with Gasteiger partial charge in [-0.3, -0.25) is 4.79 Å². The van der Waals surface area contributed by atoms with Crippen LogP contribution in [0, 0.1) is 11.6 Å². The minimum absolute atomic E-state index is 0. The number of amides is 1. The molecule has 0 saturated heterocycles. The van der Waals surface area contributed by atoms with E-state index in [1.807, 2.05) is 0 Å². The molecule has 1 aliphatic carbocycles. The Morgan fingerprint density at radius 3 is 2.44 bits per heavy atom. The Labute approximate surface area is 161 Å². The standard InChI is InChI=1S/C18H19F3N4O.ClH/c19-10-14-7-8-22-18(25-14)24-13-4-2-12(3-5-13)23-17(26)11-1-6-15(20)16(21)9-11;/h1,6-9,12-13H,2-5,10H2,(H,23,26)(H,22,24,25);1H/t12-,13+;. The molecular formula is C18H20ClF3N4O. The molecule has 1 aromatic carbocycles. The van der Waals surface area contributed by atoms with Crippen LogP contribution in [0.25, 0.3) is 0 Å². The fourth-order valence-electron chi connectivity index (χ4n) is 3.01. The lowest BCUT2D eigenvalue weighted by Crippen LogP contribution is -2.40. The molecule has 1 aliphatic rings. The summed E-state index contributed by atoms with van der Waals surface area (Å²) in [6, 6.07) is 4.73. The number of carbonyl (C=O) groups is 1. The highest BCUT2D eigenvalue weighted by atomic mass is 35.5. The second kappa shape index (κ2) is 9.55. The molecule has 0 bridgehead atoms. The number of rotatable bonds is 5. The Bertz CT molecular complexity index is 785. The molecule has 0 spiro atoms. The van der Waals surface area contributed by atoms with E-state index in [1.54, 1.807) is 0 Å². The summed E-state index contributed by atoms with van der Waals surface area (Å²) in [5.74, 6) is -2.04. The zero-order valence-electron chi connectivity index (χ0n) is 14.4. The van der Waals surface area contributed by atoms with Crippen molar-refractivity contribution in [2.24, 2.45) is 0 Å². The van der Waals surface area contributed by atoms with Crippen molar-refractivity contribution in [1.82, 2.24) is 15.3 Å². The van der Waals surface area contributed by atoms with Gasteiger partial charge in [-0.05, 0) is 49.9 Å². The maximum Gasteiger partial charge on any atom is 0.251 e. The van der Waals surface area contributed by atoms with Crippen LogP contribution in [0.15, 0.2) is 30.5 Å². The third kappa shape index (κ3) is 5.56. The van der Waals surface area contributed by atoms with Crippen molar-refractivity contribution < 1.29 is 18.0 Å². The number of hydrogen-bond acceptors (Lipinski definition) is 4. The lowest BCUT2D eigenvalue weighted by atomic mass is 9.91. The second-order valence-corrected chi connectivity index (χ2v) is 6.30. The molecule has 1 aromatic heterocycles. The van der Waals surface area contributed by atoms with Crippen LogP contribution >= 0.6 is 12.4 Å². The molecule has 1 fully saturated rings. The van der Waals surface area contributed by atoms with E-state index in [-0.39, 0.29) is 30.1 Å². The lowest BCUT2D eigenvalue weighted by Gasteiger charge is -2.29. The SMILES string of the molecule is Cl.O=C(N[C@H]1CC[C@@H](Nc2nccc(CF)n2)CC1)c1ccc(F)c(F)c1. The molecule has 2 aromatic rings. The molecule has 5 nitrogen and oxygen atoms in total. The summed E-state index contributed by atoms with van der Waals surface area (Å²) in [5.41, 5.74) is 0.426. The van der Waals surface area contributed by atoms with Crippen LogP contribution in [0.3, 0.4) is 0 Å². The first-order valence-corrected chi connectivity index (χ1v) is 8.45. The Morgan fingerprint density at radius 1 is 1.07 bits per heavy atom. The molecule has 9 heteroatoms. The molecule has 1 saturated carbocycles. The monoisotopic (exact) mass is 400 g/mol. The number of nitrogens with one attached hydrogen (secondary N) is 2. The lowest BCUT2D eigenvalue weighted by molar-refractivity contribution is 0.0926. The van der Waals surface area contributed by atoms with Gasteiger partial charge in [-0.1, -0.05) is 0 Å². The average molecular weight is 401 g/mol. The van der Waals surface area contributed by atoms with Crippen LogP contribution in [-0.4, -0.2) is 28.0 Å². The molecule has 3 rings (SSSR count). The topological polar surface area (TPSA) is 66.9 Å².